The van der Waals surface area contributed by atoms with Gasteiger partial charge < -0.3 is 25.2 Å². The van der Waals surface area contributed by atoms with Gasteiger partial charge in [-0.15, -0.1) is 17.0 Å². The van der Waals surface area contributed by atoms with E-state index in [0.717, 1.165) is 16.9 Å². The van der Waals surface area contributed by atoms with Gasteiger partial charge in [0, 0.05) is 29.7 Å². The second-order valence-corrected chi connectivity index (χ2v) is 9.42. The first-order valence-electron chi connectivity index (χ1n) is 11.4. The molecule has 0 bridgehead atoms. The number of carbonyl (C=O) groups excluding carboxylic acids is 2. The summed E-state index contributed by atoms with van der Waals surface area (Å²) in [4.78, 5) is 26.0. The Morgan fingerprint density at radius 2 is 1.89 bits per heavy atom. The van der Waals surface area contributed by atoms with Crippen molar-refractivity contribution in [2.75, 3.05) is 19.8 Å². The number of amidine groups is 1. The monoisotopic (exact) mass is 547 g/mol. The number of benzene rings is 2. The number of nitrogens with two attached hydrogens (primary N) is 1. The highest BCUT2D eigenvalue weighted by Crippen LogP contribution is 2.39. The van der Waals surface area contributed by atoms with E-state index >= 15 is 0 Å². The van der Waals surface area contributed by atoms with E-state index in [1.54, 1.807) is 11.0 Å². The van der Waals surface area contributed by atoms with E-state index < -0.39 is 11.3 Å². The molecule has 4 N–H and O–H groups in total. The summed E-state index contributed by atoms with van der Waals surface area (Å²) < 4.78 is 11.3. The third-order valence-corrected chi connectivity index (χ3v) is 5.68. The van der Waals surface area contributed by atoms with E-state index in [-0.39, 0.29) is 53.8 Å². The highest BCUT2D eigenvalue weighted by atomic mass is 79.9. The SMILES string of the molecule is Br.CCOc1ccc2c(c1)CN(CC(=O)c1cc(OCCCC(N)=O)c(O)c(C(C)(C)C)c1)C2=N. The van der Waals surface area contributed by atoms with Crippen molar-refractivity contribution in [3.8, 4) is 17.2 Å². The fourth-order valence-electron chi connectivity index (χ4n) is 3.92. The number of primary amides is 1. The van der Waals surface area contributed by atoms with Crippen molar-refractivity contribution in [2.24, 2.45) is 5.73 Å². The highest BCUT2D eigenvalue weighted by Gasteiger charge is 2.28. The maximum absolute atomic E-state index is 13.3. The second-order valence-electron chi connectivity index (χ2n) is 9.42. The topological polar surface area (TPSA) is 126 Å². The zero-order valence-corrected chi connectivity index (χ0v) is 22.4. The molecular formula is C26H34BrN3O5. The minimum Gasteiger partial charge on any atom is -0.504 e. The van der Waals surface area contributed by atoms with Crippen LogP contribution in [0.4, 0.5) is 0 Å². The molecule has 1 aliphatic heterocycles. The van der Waals surface area contributed by atoms with Gasteiger partial charge in [-0.25, -0.2) is 0 Å². The van der Waals surface area contributed by atoms with Gasteiger partial charge in [-0.05, 0) is 54.7 Å². The predicted molar refractivity (Wildman–Crippen MR) is 140 cm³/mol. The van der Waals surface area contributed by atoms with E-state index in [0.29, 0.717) is 36.5 Å². The maximum atomic E-state index is 13.3. The number of nitrogens with one attached hydrogen (secondary N) is 1. The third kappa shape index (κ3) is 6.75. The zero-order valence-electron chi connectivity index (χ0n) is 20.6. The van der Waals surface area contributed by atoms with Gasteiger partial charge in [-0.1, -0.05) is 20.8 Å². The van der Waals surface area contributed by atoms with Crippen molar-refractivity contribution in [3.05, 3.63) is 52.6 Å². The molecule has 1 aliphatic rings. The molecule has 0 saturated carbocycles. The molecule has 0 aromatic heterocycles. The van der Waals surface area contributed by atoms with Crippen LogP contribution in [0, 0.1) is 5.41 Å². The highest BCUT2D eigenvalue weighted by molar-refractivity contribution is 8.93. The molecule has 0 radical (unpaired) electrons. The standard InChI is InChI=1S/C26H33N3O5.BrH/c1-5-33-18-8-9-19-17(11-18)14-29(25(19)28)15-21(30)16-12-20(26(2,3)4)24(32)22(13-16)34-10-6-7-23(27)31;/h8-9,11-13,28,32H,5-7,10,14-15H2,1-4H3,(H2,27,31);1H. The summed E-state index contributed by atoms with van der Waals surface area (Å²) in [5, 5.41) is 19.3. The smallest absolute Gasteiger partial charge is 0.217 e. The molecule has 8 nitrogen and oxygen atoms in total. The molecule has 0 saturated heterocycles. The lowest BCUT2D eigenvalue weighted by atomic mass is 9.84. The lowest BCUT2D eigenvalue weighted by molar-refractivity contribution is -0.118. The number of Topliss-reactive ketones (excluding diaryl/α,β-unsaturated/α-hetero) is 1. The van der Waals surface area contributed by atoms with Crippen molar-refractivity contribution in [1.82, 2.24) is 4.90 Å². The van der Waals surface area contributed by atoms with Crippen LogP contribution in [-0.2, 0) is 16.8 Å². The number of hydrogen-bond donors (Lipinski definition) is 3. The Hall–Kier alpha value is -3.07. The molecule has 2 aromatic carbocycles. The largest absolute Gasteiger partial charge is 0.504 e. The summed E-state index contributed by atoms with van der Waals surface area (Å²) in [5.74, 6) is 0.608. The van der Waals surface area contributed by atoms with Gasteiger partial charge in [0.25, 0.3) is 0 Å². The Morgan fingerprint density at radius 1 is 1.17 bits per heavy atom. The van der Waals surface area contributed by atoms with Crippen molar-refractivity contribution in [3.63, 3.8) is 0 Å². The number of amides is 1. The van der Waals surface area contributed by atoms with Crippen LogP contribution in [0.15, 0.2) is 30.3 Å². The number of rotatable bonds is 10. The first kappa shape index (κ1) is 28.2. The van der Waals surface area contributed by atoms with Crippen LogP contribution in [-0.4, -0.2) is 47.3 Å². The summed E-state index contributed by atoms with van der Waals surface area (Å²) in [6, 6.07) is 8.81. The molecule has 0 fully saturated rings. The first-order valence-corrected chi connectivity index (χ1v) is 11.4. The average Bonchev–Trinajstić information content (AvgIpc) is 3.06. The molecule has 0 spiro atoms. The van der Waals surface area contributed by atoms with Gasteiger partial charge in [0.05, 0.1) is 19.8 Å². The van der Waals surface area contributed by atoms with E-state index in [9.17, 15) is 14.7 Å². The van der Waals surface area contributed by atoms with Crippen LogP contribution in [0.3, 0.4) is 0 Å². The molecule has 1 heterocycles. The van der Waals surface area contributed by atoms with Crippen LogP contribution >= 0.6 is 17.0 Å². The molecule has 1 amide bonds. The van der Waals surface area contributed by atoms with Crippen LogP contribution in [0.2, 0.25) is 0 Å². The Morgan fingerprint density at radius 3 is 2.51 bits per heavy atom. The second kappa shape index (κ2) is 11.6. The minimum atomic E-state index is -0.433. The van der Waals surface area contributed by atoms with Crippen LogP contribution in [0.5, 0.6) is 17.2 Å². The quantitative estimate of drug-likeness (QED) is 0.300. The molecule has 2 aromatic rings. The minimum absolute atomic E-state index is 0. The van der Waals surface area contributed by atoms with Gasteiger partial charge in [-0.2, -0.15) is 0 Å². The summed E-state index contributed by atoms with van der Waals surface area (Å²) in [5.41, 5.74) is 7.46. The number of halogens is 1. The van der Waals surface area contributed by atoms with Crippen molar-refractivity contribution >= 4 is 34.5 Å². The molecular weight excluding hydrogens is 514 g/mol. The third-order valence-electron chi connectivity index (χ3n) is 5.68. The number of nitrogens with zero attached hydrogens (tertiary/aromatic N) is 1. The van der Waals surface area contributed by atoms with Crippen molar-refractivity contribution in [2.45, 2.75) is 52.5 Å². The average molecular weight is 548 g/mol. The molecule has 3 rings (SSSR count). The van der Waals surface area contributed by atoms with Crippen molar-refractivity contribution < 1.29 is 24.2 Å². The Kier molecular flexibility index (Phi) is 9.31. The molecule has 35 heavy (non-hydrogen) atoms. The van der Waals surface area contributed by atoms with Gasteiger partial charge in [0.2, 0.25) is 5.91 Å². The normalized spacial score (nSPS) is 12.7. The number of phenolic OH excluding ortho intramolecular Hbond substituents is 1. The van der Waals surface area contributed by atoms with E-state index in [1.165, 1.54) is 6.07 Å². The lowest BCUT2D eigenvalue weighted by Gasteiger charge is -2.24. The van der Waals surface area contributed by atoms with Crippen molar-refractivity contribution in [1.29, 1.82) is 5.41 Å². The number of ether oxygens (including phenoxy) is 2. The van der Waals surface area contributed by atoms with E-state index in [1.807, 2.05) is 45.9 Å². The summed E-state index contributed by atoms with van der Waals surface area (Å²) in [6.07, 6.45) is 0.582. The molecule has 0 atom stereocenters. The number of hydrogen-bond acceptors (Lipinski definition) is 6. The van der Waals surface area contributed by atoms with E-state index in [2.05, 4.69) is 0 Å². The molecule has 0 aliphatic carbocycles. The molecule has 0 unspecified atom stereocenters. The maximum Gasteiger partial charge on any atom is 0.217 e. The van der Waals surface area contributed by atoms with Gasteiger partial charge >= 0.3 is 0 Å². The van der Waals surface area contributed by atoms with E-state index in [4.69, 9.17) is 20.6 Å². The zero-order chi connectivity index (χ0) is 25.0. The summed E-state index contributed by atoms with van der Waals surface area (Å²) >= 11 is 0. The predicted octanol–water partition coefficient (Wildman–Crippen LogP) is 4.33. The Bertz CT molecular complexity index is 1110. The molecule has 9 heteroatoms. The van der Waals surface area contributed by atoms with Gasteiger partial charge in [0.1, 0.15) is 11.6 Å². The lowest BCUT2D eigenvalue weighted by Crippen LogP contribution is -2.30. The van der Waals surface area contributed by atoms with Gasteiger partial charge in [-0.3, -0.25) is 15.0 Å². The number of carbonyl (C=O) groups is 2. The Balaban J connectivity index is 0.00000432. The summed E-state index contributed by atoms with van der Waals surface area (Å²) in [6.45, 7) is 8.95. The van der Waals surface area contributed by atoms with Gasteiger partial charge in [0.15, 0.2) is 17.3 Å². The van der Waals surface area contributed by atoms with Crippen LogP contribution in [0.1, 0.15) is 67.6 Å². The van der Waals surface area contributed by atoms with Crippen LogP contribution < -0.4 is 15.2 Å². The summed E-state index contributed by atoms with van der Waals surface area (Å²) in [7, 11) is 0. The first-order chi connectivity index (χ1) is 16.0. The van der Waals surface area contributed by atoms with Crippen LogP contribution in [0.25, 0.3) is 0 Å². The fraction of sp³-hybridized carbons (Fsp3) is 0.423. The number of ketones is 1. The number of fused-ring (bicyclic) bond motifs is 1. The number of phenols is 1. The Labute approximate surface area is 216 Å². The molecule has 190 valence electrons. The fourth-order valence-corrected chi connectivity index (χ4v) is 3.92. The number of aromatic hydroxyl groups is 1.